The van der Waals surface area contributed by atoms with Crippen molar-refractivity contribution in [2.24, 2.45) is 5.73 Å². The number of fused-ring (bicyclic) bond motifs is 1. The van der Waals surface area contributed by atoms with Crippen molar-refractivity contribution in [1.82, 2.24) is 30.3 Å². The molecule has 7 N–H and O–H groups in total. The summed E-state index contributed by atoms with van der Waals surface area (Å²) in [5.41, 5.74) is 8.19. The minimum absolute atomic E-state index is 0.0197. The van der Waals surface area contributed by atoms with Crippen LogP contribution >= 0.6 is 0 Å². The maximum absolute atomic E-state index is 14.9. The summed E-state index contributed by atoms with van der Waals surface area (Å²) in [6, 6.07) is 8.39. The molecule has 254 valence electrons. The van der Waals surface area contributed by atoms with E-state index < -0.39 is 11.6 Å². The normalized spacial score (nSPS) is 15.9. The quantitative estimate of drug-likeness (QED) is 0.0674. The summed E-state index contributed by atoms with van der Waals surface area (Å²) in [5, 5.41) is 19.4. The van der Waals surface area contributed by atoms with Gasteiger partial charge in [-0.25, -0.2) is 14.4 Å². The van der Waals surface area contributed by atoms with E-state index in [0.29, 0.717) is 47.8 Å². The number of carbonyl (C=O) groups is 2. The first kappa shape index (κ1) is 34.1. The molecule has 2 aromatic heterocycles. The molecule has 1 fully saturated rings. The number of ether oxygens (including phenoxy) is 1. The zero-order chi connectivity index (χ0) is 34.2. The number of aromatic nitrogens is 3. The second kappa shape index (κ2) is 15.5. The fourth-order valence-corrected chi connectivity index (χ4v) is 5.99. The summed E-state index contributed by atoms with van der Waals surface area (Å²) in [5.74, 6) is -2.08. The van der Waals surface area contributed by atoms with E-state index in [1.807, 2.05) is 13.0 Å². The molecule has 14 heteroatoms. The molecular weight excluding hydrogens is 620 g/mol. The van der Waals surface area contributed by atoms with E-state index in [9.17, 15) is 18.4 Å². The second-order valence-electron chi connectivity index (χ2n) is 11.8. The summed E-state index contributed by atoms with van der Waals surface area (Å²) in [7, 11) is 1.28. The molecule has 2 heterocycles. The molecule has 2 amide bonds. The van der Waals surface area contributed by atoms with Gasteiger partial charge < -0.3 is 31.7 Å². The topological polar surface area (TPSA) is 172 Å². The van der Waals surface area contributed by atoms with Crippen LogP contribution in [0.25, 0.3) is 16.9 Å². The van der Waals surface area contributed by atoms with E-state index in [2.05, 4.69) is 31.2 Å². The highest BCUT2D eigenvalue weighted by molar-refractivity contribution is 5.96. The lowest BCUT2D eigenvalue weighted by atomic mass is 9.90. The summed E-state index contributed by atoms with van der Waals surface area (Å²) in [6.45, 7) is 2.55. The van der Waals surface area contributed by atoms with Crippen LogP contribution in [0.15, 0.2) is 48.9 Å². The van der Waals surface area contributed by atoms with Crippen LogP contribution < -0.4 is 31.7 Å². The van der Waals surface area contributed by atoms with Gasteiger partial charge in [0.2, 0.25) is 11.7 Å². The lowest BCUT2D eigenvalue weighted by Crippen LogP contribution is -2.44. The van der Waals surface area contributed by atoms with Gasteiger partial charge in [-0.1, -0.05) is 6.92 Å². The second-order valence-corrected chi connectivity index (χ2v) is 11.8. The maximum Gasteiger partial charge on any atom is 0.251 e. The minimum atomic E-state index is -1.08. The number of nitrogens with one attached hydrogen (secondary N) is 5. The molecular formula is C34H41F2N9O3. The summed E-state index contributed by atoms with van der Waals surface area (Å²) >= 11 is 0. The summed E-state index contributed by atoms with van der Waals surface area (Å²) in [4.78, 5) is 34.5. The first-order chi connectivity index (χ1) is 23.2. The van der Waals surface area contributed by atoms with Gasteiger partial charge in [-0.2, -0.15) is 4.39 Å². The van der Waals surface area contributed by atoms with Gasteiger partial charge in [-0.05, 0) is 80.8 Å². The highest BCUT2D eigenvalue weighted by Crippen LogP contribution is 2.32. The van der Waals surface area contributed by atoms with Crippen molar-refractivity contribution in [2.45, 2.75) is 70.4 Å². The first-order valence-electron chi connectivity index (χ1n) is 16.1. The molecule has 4 aromatic rings. The molecule has 48 heavy (non-hydrogen) atoms. The van der Waals surface area contributed by atoms with Crippen LogP contribution in [0.4, 0.5) is 20.3 Å². The molecule has 0 saturated heterocycles. The highest BCUT2D eigenvalue weighted by atomic mass is 19.2. The van der Waals surface area contributed by atoms with Gasteiger partial charge in [0.05, 0.1) is 19.0 Å². The molecule has 0 spiro atoms. The molecule has 1 saturated carbocycles. The third-order valence-electron chi connectivity index (χ3n) is 8.54. The number of carbonyl (C=O) groups excluding carboxylic acids is 2. The zero-order valence-electron chi connectivity index (χ0n) is 27.0. The van der Waals surface area contributed by atoms with Crippen molar-refractivity contribution in [1.29, 1.82) is 5.41 Å². The number of anilines is 2. The number of amides is 2. The van der Waals surface area contributed by atoms with Crippen molar-refractivity contribution < 1.29 is 23.1 Å². The van der Waals surface area contributed by atoms with Crippen molar-refractivity contribution in [3.63, 3.8) is 0 Å². The van der Waals surface area contributed by atoms with Gasteiger partial charge in [-0.3, -0.25) is 19.4 Å². The number of nitrogens with two attached hydrogens (primary N) is 1. The largest absolute Gasteiger partial charge is 0.494 e. The van der Waals surface area contributed by atoms with Crippen LogP contribution in [0.5, 0.6) is 5.75 Å². The molecule has 0 unspecified atom stereocenters. The Morgan fingerprint density at radius 2 is 1.79 bits per heavy atom. The van der Waals surface area contributed by atoms with Crippen LogP contribution in [0.1, 0.15) is 67.8 Å². The van der Waals surface area contributed by atoms with E-state index in [4.69, 9.17) is 15.9 Å². The molecule has 0 bridgehead atoms. The monoisotopic (exact) mass is 661 g/mol. The fraction of sp³-hybridized carbons (Fsp3) is 0.382. The number of rotatable bonds is 13. The van der Waals surface area contributed by atoms with Gasteiger partial charge >= 0.3 is 0 Å². The third-order valence-corrected chi connectivity index (χ3v) is 8.54. The number of methoxy groups -OCH3 is 1. The summed E-state index contributed by atoms with van der Waals surface area (Å²) < 4.78 is 35.8. The predicted molar refractivity (Wildman–Crippen MR) is 179 cm³/mol. The minimum Gasteiger partial charge on any atom is -0.494 e. The molecule has 0 radical (unpaired) electrons. The molecule has 0 aliphatic heterocycles. The molecule has 12 nitrogen and oxygen atoms in total. The molecule has 1 aliphatic rings. The SMILES string of the molecule is CCc1cc(Nc2nccn3c(-c4ccc(OC)c(F)c4F)cnc23)ccc1C(=O)NC1CCC(NC(=O)CCCCNC(=N)N)CC1. The Kier molecular flexibility index (Phi) is 11.0. The third kappa shape index (κ3) is 7.99. The Morgan fingerprint density at radius 1 is 1.04 bits per heavy atom. The number of halogens is 2. The Balaban J connectivity index is 1.18. The van der Waals surface area contributed by atoms with Gasteiger partial charge in [0, 0.05) is 54.3 Å². The van der Waals surface area contributed by atoms with Gasteiger partial charge in [0.15, 0.2) is 29.0 Å². The van der Waals surface area contributed by atoms with Crippen LogP contribution in [0, 0.1) is 17.0 Å². The number of hydrogen-bond acceptors (Lipinski definition) is 7. The number of aryl methyl sites for hydroxylation is 1. The number of hydrogen-bond donors (Lipinski definition) is 6. The highest BCUT2D eigenvalue weighted by Gasteiger charge is 2.25. The van der Waals surface area contributed by atoms with E-state index in [-0.39, 0.29) is 41.2 Å². The Bertz CT molecular complexity index is 1790. The molecule has 1 aliphatic carbocycles. The van der Waals surface area contributed by atoms with Crippen LogP contribution in [-0.2, 0) is 11.2 Å². The molecule has 5 rings (SSSR count). The van der Waals surface area contributed by atoms with Gasteiger partial charge in [0.25, 0.3) is 5.91 Å². The van der Waals surface area contributed by atoms with E-state index in [1.54, 1.807) is 22.7 Å². The average Bonchev–Trinajstić information content (AvgIpc) is 3.51. The van der Waals surface area contributed by atoms with Crippen molar-refractivity contribution in [3.8, 4) is 17.0 Å². The lowest BCUT2D eigenvalue weighted by Gasteiger charge is -2.30. The van der Waals surface area contributed by atoms with Gasteiger partial charge in [-0.15, -0.1) is 0 Å². The Labute approximate surface area is 277 Å². The summed E-state index contributed by atoms with van der Waals surface area (Å²) in [6.07, 6.45) is 10.3. The molecule has 2 aromatic carbocycles. The number of imidazole rings is 1. The maximum atomic E-state index is 14.9. The van der Waals surface area contributed by atoms with E-state index in [0.717, 1.165) is 44.1 Å². The smallest absolute Gasteiger partial charge is 0.251 e. The predicted octanol–water partition coefficient (Wildman–Crippen LogP) is 4.80. The number of guanidine groups is 1. The van der Waals surface area contributed by atoms with Crippen molar-refractivity contribution in [3.05, 3.63) is 71.7 Å². The average molecular weight is 662 g/mol. The van der Waals surface area contributed by atoms with Crippen LogP contribution in [0.3, 0.4) is 0 Å². The Hall–Kier alpha value is -5.27. The van der Waals surface area contributed by atoms with Crippen molar-refractivity contribution >= 4 is 34.9 Å². The fourth-order valence-electron chi connectivity index (χ4n) is 5.99. The zero-order valence-corrected chi connectivity index (χ0v) is 27.0. The number of benzene rings is 2. The number of unbranched alkanes of at least 4 members (excludes halogenated alkanes) is 1. The standard InChI is InChI=1S/C34H41F2N9O3/c1-3-20-18-23(43-31-32-41-19-26(45(32)17-16-39-31)25-13-14-27(48-2)30(36)29(25)35)11-12-24(20)33(47)44-22-9-7-21(8-10-22)42-28(46)6-4-5-15-40-34(37)38/h11-14,16-19,21-22H,3-10,15H2,1-2H3,(H,39,43)(H,42,46)(H,44,47)(H4,37,38,40). The van der Waals surface area contributed by atoms with E-state index in [1.165, 1.54) is 31.6 Å². The van der Waals surface area contributed by atoms with Crippen molar-refractivity contribution in [2.75, 3.05) is 19.0 Å². The molecule has 0 atom stereocenters. The number of nitrogens with zero attached hydrogens (tertiary/aromatic N) is 3. The Morgan fingerprint density at radius 3 is 2.50 bits per heavy atom. The van der Waals surface area contributed by atoms with Crippen LogP contribution in [-0.4, -0.2) is 57.9 Å². The van der Waals surface area contributed by atoms with E-state index >= 15 is 0 Å². The first-order valence-corrected chi connectivity index (χ1v) is 16.1. The lowest BCUT2D eigenvalue weighted by molar-refractivity contribution is -0.122. The van der Waals surface area contributed by atoms with Gasteiger partial charge in [0.1, 0.15) is 0 Å². The van der Waals surface area contributed by atoms with Crippen LogP contribution in [0.2, 0.25) is 0 Å².